The molecule has 0 aromatic carbocycles. The summed E-state index contributed by atoms with van der Waals surface area (Å²) in [7, 11) is 0. The van der Waals surface area contributed by atoms with Crippen molar-refractivity contribution in [3.8, 4) is 0 Å². The SMILES string of the molecule is CC(C)C(C)C(=O)NCC1(CN)CCCCC1. The Balaban J connectivity index is 2.44. The molecule has 1 aliphatic carbocycles. The predicted octanol–water partition coefficient (Wildman–Crippen LogP) is 2.30. The van der Waals surface area contributed by atoms with Crippen molar-refractivity contribution in [1.82, 2.24) is 5.32 Å². The first-order valence-corrected chi connectivity index (χ1v) is 6.98. The Kier molecular flexibility index (Phi) is 5.44. The van der Waals surface area contributed by atoms with Gasteiger partial charge in [0.25, 0.3) is 0 Å². The van der Waals surface area contributed by atoms with E-state index >= 15 is 0 Å². The Morgan fingerprint density at radius 2 is 1.82 bits per heavy atom. The third-order valence-corrected chi connectivity index (χ3v) is 4.40. The summed E-state index contributed by atoms with van der Waals surface area (Å²) in [5.74, 6) is 0.669. The minimum absolute atomic E-state index is 0.0911. The fourth-order valence-electron chi connectivity index (χ4n) is 2.49. The molecule has 1 amide bonds. The van der Waals surface area contributed by atoms with Crippen LogP contribution in [0.1, 0.15) is 52.9 Å². The number of amides is 1. The van der Waals surface area contributed by atoms with Crippen molar-refractivity contribution in [3.05, 3.63) is 0 Å². The lowest BCUT2D eigenvalue weighted by molar-refractivity contribution is -0.126. The van der Waals surface area contributed by atoms with E-state index in [1.165, 1.54) is 32.1 Å². The quantitative estimate of drug-likeness (QED) is 0.774. The maximum atomic E-state index is 11.9. The third-order valence-electron chi connectivity index (χ3n) is 4.40. The monoisotopic (exact) mass is 240 g/mol. The molecule has 0 aromatic heterocycles. The highest BCUT2D eigenvalue weighted by molar-refractivity contribution is 5.78. The van der Waals surface area contributed by atoms with Gasteiger partial charge in [0.1, 0.15) is 0 Å². The average molecular weight is 240 g/mol. The van der Waals surface area contributed by atoms with Crippen LogP contribution in [0.25, 0.3) is 0 Å². The smallest absolute Gasteiger partial charge is 0.223 e. The van der Waals surface area contributed by atoms with Crippen LogP contribution in [-0.2, 0) is 4.79 Å². The summed E-state index contributed by atoms with van der Waals surface area (Å²) in [6.45, 7) is 7.63. The van der Waals surface area contributed by atoms with E-state index in [2.05, 4.69) is 19.2 Å². The molecule has 1 fully saturated rings. The summed E-state index contributed by atoms with van der Waals surface area (Å²) in [5.41, 5.74) is 6.08. The number of rotatable bonds is 5. The standard InChI is InChI=1S/C14H28N2O/c1-11(2)12(3)13(17)16-10-14(9-15)7-5-4-6-8-14/h11-12H,4-10,15H2,1-3H3,(H,16,17). The minimum Gasteiger partial charge on any atom is -0.355 e. The van der Waals surface area contributed by atoms with E-state index in [4.69, 9.17) is 5.73 Å². The minimum atomic E-state index is 0.0911. The highest BCUT2D eigenvalue weighted by Crippen LogP contribution is 2.34. The van der Waals surface area contributed by atoms with Gasteiger partial charge < -0.3 is 11.1 Å². The summed E-state index contributed by atoms with van der Waals surface area (Å²) < 4.78 is 0. The lowest BCUT2D eigenvalue weighted by Crippen LogP contribution is -2.45. The summed E-state index contributed by atoms with van der Waals surface area (Å²) in [5, 5.41) is 3.11. The molecule has 3 heteroatoms. The molecular formula is C14H28N2O. The fraction of sp³-hybridized carbons (Fsp3) is 0.929. The van der Waals surface area contributed by atoms with Crippen LogP contribution in [0.15, 0.2) is 0 Å². The van der Waals surface area contributed by atoms with Crippen molar-refractivity contribution in [2.45, 2.75) is 52.9 Å². The Hall–Kier alpha value is -0.570. The van der Waals surface area contributed by atoms with Crippen molar-refractivity contribution < 1.29 is 4.79 Å². The molecule has 0 aliphatic heterocycles. The van der Waals surface area contributed by atoms with Crippen LogP contribution in [0, 0.1) is 17.3 Å². The van der Waals surface area contributed by atoms with Gasteiger partial charge in [0.2, 0.25) is 5.91 Å². The van der Waals surface area contributed by atoms with E-state index in [9.17, 15) is 4.79 Å². The topological polar surface area (TPSA) is 55.1 Å². The number of nitrogens with two attached hydrogens (primary N) is 1. The maximum Gasteiger partial charge on any atom is 0.223 e. The third kappa shape index (κ3) is 3.98. The summed E-state index contributed by atoms with van der Waals surface area (Å²) in [4.78, 5) is 11.9. The van der Waals surface area contributed by atoms with E-state index in [0.717, 1.165) is 6.54 Å². The zero-order valence-electron chi connectivity index (χ0n) is 11.6. The van der Waals surface area contributed by atoms with Gasteiger partial charge in [-0.25, -0.2) is 0 Å². The van der Waals surface area contributed by atoms with E-state index in [1.54, 1.807) is 0 Å². The van der Waals surface area contributed by atoms with E-state index in [1.807, 2.05) is 6.92 Å². The number of hydrogen-bond acceptors (Lipinski definition) is 2. The molecule has 1 unspecified atom stereocenters. The van der Waals surface area contributed by atoms with Crippen molar-refractivity contribution in [2.24, 2.45) is 23.0 Å². The second kappa shape index (κ2) is 6.39. The molecule has 0 aromatic rings. The first kappa shape index (κ1) is 14.5. The molecule has 0 heterocycles. The molecule has 0 saturated heterocycles. The van der Waals surface area contributed by atoms with Crippen LogP contribution < -0.4 is 11.1 Å². The Labute approximate surface area is 106 Å². The Bertz CT molecular complexity index is 245. The average Bonchev–Trinajstić information content (AvgIpc) is 2.36. The maximum absolute atomic E-state index is 11.9. The van der Waals surface area contributed by atoms with Gasteiger partial charge in [-0.1, -0.05) is 40.0 Å². The van der Waals surface area contributed by atoms with E-state index < -0.39 is 0 Å². The largest absolute Gasteiger partial charge is 0.355 e. The van der Waals surface area contributed by atoms with Crippen LogP contribution >= 0.6 is 0 Å². The molecule has 1 atom stereocenters. The molecule has 100 valence electrons. The van der Waals surface area contributed by atoms with Crippen molar-refractivity contribution in [3.63, 3.8) is 0 Å². The van der Waals surface area contributed by atoms with Crippen molar-refractivity contribution in [1.29, 1.82) is 0 Å². The molecule has 0 spiro atoms. The van der Waals surface area contributed by atoms with E-state index in [0.29, 0.717) is 12.5 Å². The van der Waals surface area contributed by atoms with Gasteiger partial charge in [0.05, 0.1) is 0 Å². The van der Waals surface area contributed by atoms with Crippen LogP contribution in [0.2, 0.25) is 0 Å². The highest BCUT2D eigenvalue weighted by atomic mass is 16.1. The highest BCUT2D eigenvalue weighted by Gasteiger charge is 2.31. The Morgan fingerprint density at radius 3 is 2.29 bits per heavy atom. The summed E-state index contributed by atoms with van der Waals surface area (Å²) in [6, 6.07) is 0. The number of hydrogen-bond donors (Lipinski definition) is 2. The van der Waals surface area contributed by atoms with Gasteiger partial charge >= 0.3 is 0 Å². The molecule has 1 aliphatic rings. The molecule has 3 nitrogen and oxygen atoms in total. The molecule has 3 N–H and O–H groups in total. The van der Waals surface area contributed by atoms with Gasteiger partial charge in [-0.05, 0) is 30.7 Å². The summed E-state index contributed by atoms with van der Waals surface area (Å²) in [6.07, 6.45) is 6.16. The second-order valence-corrected chi connectivity index (χ2v) is 6.02. The number of carbonyl (C=O) groups is 1. The molecule has 1 rings (SSSR count). The molecular weight excluding hydrogens is 212 g/mol. The van der Waals surface area contributed by atoms with Gasteiger partial charge in [-0.3, -0.25) is 4.79 Å². The first-order chi connectivity index (χ1) is 8.01. The predicted molar refractivity (Wildman–Crippen MR) is 71.6 cm³/mol. The zero-order valence-corrected chi connectivity index (χ0v) is 11.6. The van der Waals surface area contributed by atoms with Gasteiger partial charge in [-0.2, -0.15) is 0 Å². The number of carbonyl (C=O) groups excluding carboxylic acids is 1. The van der Waals surface area contributed by atoms with Crippen LogP contribution in [0.3, 0.4) is 0 Å². The molecule has 1 saturated carbocycles. The molecule has 0 bridgehead atoms. The number of nitrogens with one attached hydrogen (secondary N) is 1. The van der Waals surface area contributed by atoms with E-state index in [-0.39, 0.29) is 17.2 Å². The van der Waals surface area contributed by atoms with Gasteiger partial charge in [0, 0.05) is 12.5 Å². The molecule has 17 heavy (non-hydrogen) atoms. The second-order valence-electron chi connectivity index (χ2n) is 6.02. The normalized spacial score (nSPS) is 21.2. The lowest BCUT2D eigenvalue weighted by Gasteiger charge is -2.36. The summed E-state index contributed by atoms with van der Waals surface area (Å²) >= 11 is 0. The van der Waals surface area contributed by atoms with Gasteiger partial charge in [0.15, 0.2) is 0 Å². The Morgan fingerprint density at radius 1 is 1.24 bits per heavy atom. The zero-order chi connectivity index (χ0) is 12.9. The van der Waals surface area contributed by atoms with Crippen molar-refractivity contribution >= 4 is 5.91 Å². The fourth-order valence-corrected chi connectivity index (χ4v) is 2.49. The lowest BCUT2D eigenvalue weighted by atomic mass is 9.74. The van der Waals surface area contributed by atoms with Crippen LogP contribution in [-0.4, -0.2) is 19.0 Å². The van der Waals surface area contributed by atoms with Crippen LogP contribution in [0.5, 0.6) is 0 Å². The van der Waals surface area contributed by atoms with Crippen LogP contribution in [0.4, 0.5) is 0 Å². The van der Waals surface area contributed by atoms with Gasteiger partial charge in [-0.15, -0.1) is 0 Å². The molecule has 0 radical (unpaired) electrons. The van der Waals surface area contributed by atoms with Crippen molar-refractivity contribution in [2.75, 3.05) is 13.1 Å². The first-order valence-electron chi connectivity index (χ1n) is 6.98.